The molecule has 0 unspecified atom stereocenters. The van der Waals surface area contributed by atoms with Gasteiger partial charge in [-0.1, -0.05) is 12.1 Å². The minimum Gasteiger partial charge on any atom is -0.497 e. The van der Waals surface area contributed by atoms with Crippen LogP contribution in [0, 0.1) is 18.6 Å². The number of halogens is 2. The highest BCUT2D eigenvalue weighted by Gasteiger charge is 2.19. The Morgan fingerprint density at radius 1 is 1.06 bits per heavy atom. The molecule has 0 aliphatic heterocycles. The standard InChI is InChI=1S/C27H23F2NO4/c1-15(10-25(31)30-24-9-8-18(28)12-23(24)29)20-13-21-22(17-6-5-7-19(11-17)32-3)14-34-27(21)16(2)26(20)33-4/h5-14H,1-4H3,(H,30,31)/b15-10+. The van der Waals surface area contributed by atoms with Crippen molar-refractivity contribution in [3.63, 3.8) is 0 Å². The van der Waals surface area contributed by atoms with Crippen LogP contribution in [0.3, 0.4) is 0 Å². The van der Waals surface area contributed by atoms with Crippen LogP contribution in [0.1, 0.15) is 18.1 Å². The third kappa shape index (κ3) is 4.37. The number of furan rings is 1. The van der Waals surface area contributed by atoms with E-state index in [0.717, 1.165) is 33.9 Å². The molecule has 1 amide bonds. The molecule has 1 aromatic heterocycles. The Hall–Kier alpha value is -4.13. The van der Waals surface area contributed by atoms with E-state index >= 15 is 0 Å². The SMILES string of the molecule is COc1cccc(-c2coc3c(C)c(OC)c(/C(C)=C/C(=O)Nc4ccc(F)cc4F)cc23)c1. The van der Waals surface area contributed by atoms with Gasteiger partial charge in [-0.3, -0.25) is 4.79 Å². The second-order valence-corrected chi connectivity index (χ2v) is 7.78. The lowest BCUT2D eigenvalue weighted by Crippen LogP contribution is -2.10. The quantitative estimate of drug-likeness (QED) is 0.322. The average Bonchev–Trinajstić information content (AvgIpc) is 3.25. The topological polar surface area (TPSA) is 60.7 Å². The van der Waals surface area contributed by atoms with Crippen molar-refractivity contribution in [3.05, 3.63) is 83.6 Å². The molecule has 34 heavy (non-hydrogen) atoms. The van der Waals surface area contributed by atoms with Gasteiger partial charge in [-0.25, -0.2) is 8.78 Å². The second-order valence-electron chi connectivity index (χ2n) is 7.78. The van der Waals surface area contributed by atoms with Crippen LogP contribution in [0.25, 0.3) is 27.7 Å². The molecule has 0 radical (unpaired) electrons. The number of fused-ring (bicyclic) bond motifs is 1. The van der Waals surface area contributed by atoms with Crippen LogP contribution in [0.2, 0.25) is 0 Å². The Kier molecular flexibility index (Phi) is 6.36. The summed E-state index contributed by atoms with van der Waals surface area (Å²) in [6.07, 6.45) is 3.02. The molecule has 1 heterocycles. The first-order valence-electron chi connectivity index (χ1n) is 10.5. The highest BCUT2D eigenvalue weighted by atomic mass is 19.1. The highest BCUT2D eigenvalue weighted by Crippen LogP contribution is 2.41. The fraction of sp³-hybridized carbons (Fsp3) is 0.148. The molecular weight excluding hydrogens is 440 g/mol. The summed E-state index contributed by atoms with van der Waals surface area (Å²) in [6, 6.07) is 12.5. The normalized spacial score (nSPS) is 11.5. The number of hydrogen-bond acceptors (Lipinski definition) is 4. The first kappa shape index (κ1) is 23.0. The van der Waals surface area contributed by atoms with Crippen molar-refractivity contribution in [2.75, 3.05) is 19.5 Å². The molecule has 5 nitrogen and oxygen atoms in total. The lowest BCUT2D eigenvalue weighted by Gasteiger charge is -2.13. The molecule has 0 aliphatic carbocycles. The maximum Gasteiger partial charge on any atom is 0.248 e. The van der Waals surface area contributed by atoms with Crippen LogP contribution < -0.4 is 14.8 Å². The molecule has 0 atom stereocenters. The molecule has 4 aromatic rings. The van der Waals surface area contributed by atoms with Crippen LogP contribution >= 0.6 is 0 Å². The van der Waals surface area contributed by atoms with Crippen LogP contribution in [-0.2, 0) is 4.79 Å². The van der Waals surface area contributed by atoms with E-state index in [9.17, 15) is 13.6 Å². The predicted octanol–water partition coefficient (Wildman–Crippen LogP) is 6.75. The summed E-state index contributed by atoms with van der Waals surface area (Å²) in [5.74, 6) is -0.840. The average molecular weight is 463 g/mol. The van der Waals surface area contributed by atoms with E-state index in [-0.39, 0.29) is 5.69 Å². The van der Waals surface area contributed by atoms with Gasteiger partial charge in [0.2, 0.25) is 5.91 Å². The van der Waals surface area contributed by atoms with Gasteiger partial charge < -0.3 is 19.2 Å². The van der Waals surface area contributed by atoms with Crippen LogP contribution in [0.5, 0.6) is 11.5 Å². The number of hydrogen-bond donors (Lipinski definition) is 1. The van der Waals surface area contributed by atoms with Gasteiger partial charge in [0, 0.05) is 34.2 Å². The van der Waals surface area contributed by atoms with E-state index in [1.807, 2.05) is 37.3 Å². The van der Waals surface area contributed by atoms with E-state index in [4.69, 9.17) is 13.9 Å². The summed E-state index contributed by atoms with van der Waals surface area (Å²) < 4.78 is 43.9. The maximum absolute atomic E-state index is 13.9. The smallest absolute Gasteiger partial charge is 0.248 e. The number of rotatable bonds is 6. The number of aryl methyl sites for hydroxylation is 1. The summed E-state index contributed by atoms with van der Waals surface area (Å²) in [5.41, 5.74) is 4.41. The van der Waals surface area contributed by atoms with Crippen molar-refractivity contribution >= 4 is 28.1 Å². The van der Waals surface area contributed by atoms with E-state index in [0.29, 0.717) is 28.5 Å². The summed E-state index contributed by atoms with van der Waals surface area (Å²) in [6.45, 7) is 3.64. The molecule has 3 aromatic carbocycles. The number of anilines is 1. The van der Waals surface area contributed by atoms with Gasteiger partial charge in [0.05, 0.1) is 26.2 Å². The molecule has 174 valence electrons. The lowest BCUT2D eigenvalue weighted by molar-refractivity contribution is -0.111. The minimum atomic E-state index is -0.851. The predicted molar refractivity (Wildman–Crippen MR) is 128 cm³/mol. The molecule has 0 spiro atoms. The largest absolute Gasteiger partial charge is 0.497 e. The van der Waals surface area contributed by atoms with Gasteiger partial charge in [0.15, 0.2) is 0 Å². The van der Waals surface area contributed by atoms with Crippen LogP contribution in [0.4, 0.5) is 14.5 Å². The van der Waals surface area contributed by atoms with E-state index in [1.54, 1.807) is 27.4 Å². The molecule has 1 N–H and O–H groups in total. The number of ether oxygens (including phenoxy) is 2. The number of carbonyl (C=O) groups is 1. The van der Waals surface area contributed by atoms with Gasteiger partial charge in [-0.05, 0) is 55.3 Å². The van der Waals surface area contributed by atoms with Crippen molar-refractivity contribution < 1.29 is 27.5 Å². The fourth-order valence-electron chi connectivity index (χ4n) is 3.92. The molecule has 0 aliphatic rings. The molecule has 0 bridgehead atoms. The number of amides is 1. The Balaban J connectivity index is 1.76. The Bertz CT molecular complexity index is 1420. The lowest BCUT2D eigenvalue weighted by atomic mass is 9.96. The summed E-state index contributed by atoms with van der Waals surface area (Å²) in [7, 11) is 3.15. The summed E-state index contributed by atoms with van der Waals surface area (Å²) >= 11 is 0. The number of nitrogens with one attached hydrogen (secondary N) is 1. The zero-order valence-electron chi connectivity index (χ0n) is 19.2. The first-order valence-corrected chi connectivity index (χ1v) is 10.5. The number of benzene rings is 3. The third-order valence-electron chi connectivity index (χ3n) is 5.59. The van der Waals surface area contributed by atoms with Crippen LogP contribution in [-0.4, -0.2) is 20.1 Å². The second kappa shape index (κ2) is 9.39. The van der Waals surface area contributed by atoms with Crippen molar-refractivity contribution in [2.45, 2.75) is 13.8 Å². The summed E-state index contributed by atoms with van der Waals surface area (Å²) in [5, 5.41) is 3.29. The number of allylic oxidation sites excluding steroid dienone is 1. The van der Waals surface area contributed by atoms with Crippen molar-refractivity contribution in [1.29, 1.82) is 0 Å². The highest BCUT2D eigenvalue weighted by molar-refractivity contribution is 6.06. The zero-order valence-corrected chi connectivity index (χ0v) is 19.2. The molecule has 0 saturated carbocycles. The third-order valence-corrected chi connectivity index (χ3v) is 5.59. The fourth-order valence-corrected chi connectivity index (χ4v) is 3.92. The first-order chi connectivity index (χ1) is 16.3. The molecular formula is C27H23F2NO4. The van der Waals surface area contributed by atoms with E-state index in [1.165, 1.54) is 12.1 Å². The number of carbonyl (C=O) groups excluding carboxylic acids is 1. The van der Waals surface area contributed by atoms with Gasteiger partial charge in [0.25, 0.3) is 0 Å². The van der Waals surface area contributed by atoms with Gasteiger partial charge in [-0.2, -0.15) is 0 Å². The molecule has 4 rings (SSSR count). The van der Waals surface area contributed by atoms with Crippen molar-refractivity contribution in [2.24, 2.45) is 0 Å². The maximum atomic E-state index is 13.9. The Labute approximate surface area is 195 Å². The van der Waals surface area contributed by atoms with Crippen molar-refractivity contribution in [3.8, 4) is 22.6 Å². The van der Waals surface area contributed by atoms with E-state index < -0.39 is 17.5 Å². The molecule has 0 saturated heterocycles. The molecule has 7 heteroatoms. The zero-order chi connectivity index (χ0) is 24.4. The van der Waals surface area contributed by atoms with Crippen molar-refractivity contribution in [1.82, 2.24) is 0 Å². The number of methoxy groups -OCH3 is 2. The van der Waals surface area contributed by atoms with Gasteiger partial charge in [-0.15, -0.1) is 0 Å². The van der Waals surface area contributed by atoms with Gasteiger partial charge >= 0.3 is 0 Å². The van der Waals surface area contributed by atoms with E-state index in [2.05, 4.69) is 5.32 Å². The van der Waals surface area contributed by atoms with Crippen LogP contribution in [0.15, 0.2) is 65.3 Å². The minimum absolute atomic E-state index is 0.107. The van der Waals surface area contributed by atoms with Gasteiger partial charge in [0.1, 0.15) is 28.7 Å². The monoisotopic (exact) mass is 463 g/mol. The summed E-state index contributed by atoms with van der Waals surface area (Å²) in [4.78, 5) is 12.6. The Morgan fingerprint density at radius 2 is 1.85 bits per heavy atom. The Morgan fingerprint density at radius 3 is 2.56 bits per heavy atom. The molecule has 0 fully saturated rings.